The summed E-state index contributed by atoms with van der Waals surface area (Å²) in [5.41, 5.74) is 7.75. The Morgan fingerprint density at radius 3 is 2.58 bits per heavy atom. The van der Waals surface area contributed by atoms with Crippen molar-refractivity contribution in [3.63, 3.8) is 0 Å². The third kappa shape index (κ3) is 3.32. The first-order valence-corrected chi connectivity index (χ1v) is 6.66. The van der Waals surface area contributed by atoms with Gasteiger partial charge in [-0.05, 0) is 42.2 Å². The van der Waals surface area contributed by atoms with Crippen LogP contribution in [0.1, 0.15) is 37.4 Å². The van der Waals surface area contributed by atoms with Crippen LogP contribution in [0.2, 0.25) is 0 Å². The summed E-state index contributed by atoms with van der Waals surface area (Å²) >= 11 is 0. The molecule has 0 aliphatic heterocycles. The molecule has 0 bridgehead atoms. The molecule has 0 spiro atoms. The Hall–Kier alpha value is -1.87. The number of nitrogens with zero attached hydrogens (tertiary/aromatic N) is 1. The lowest BCUT2D eigenvalue weighted by molar-refractivity contribution is 0.472. The quantitative estimate of drug-likeness (QED) is 0.884. The Morgan fingerprint density at radius 2 is 1.95 bits per heavy atom. The van der Waals surface area contributed by atoms with Crippen LogP contribution in [-0.4, -0.2) is 4.98 Å². The molecule has 2 aromatic rings. The Morgan fingerprint density at radius 1 is 1.21 bits per heavy atom. The first-order chi connectivity index (χ1) is 9.24. The summed E-state index contributed by atoms with van der Waals surface area (Å²) in [6, 6.07) is 12.0. The second-order valence-electron chi connectivity index (χ2n) is 4.63. The molecule has 1 aromatic carbocycles. The van der Waals surface area contributed by atoms with Crippen LogP contribution in [0, 0.1) is 0 Å². The van der Waals surface area contributed by atoms with Gasteiger partial charge in [0.15, 0.2) is 0 Å². The standard InChI is InChI=1S/C16H20N2O/c1-3-12(2)13-6-8-14(9-7-13)19-16-5-4-10-18-15(16)11-17/h4-10,12H,3,11,17H2,1-2H3. The fraction of sp³-hybridized carbons (Fsp3) is 0.312. The molecule has 3 nitrogen and oxygen atoms in total. The monoisotopic (exact) mass is 256 g/mol. The molecule has 0 aliphatic rings. The van der Waals surface area contributed by atoms with Gasteiger partial charge in [0.2, 0.25) is 0 Å². The van der Waals surface area contributed by atoms with E-state index in [4.69, 9.17) is 10.5 Å². The van der Waals surface area contributed by atoms with Crippen molar-refractivity contribution in [1.82, 2.24) is 4.98 Å². The molecule has 1 unspecified atom stereocenters. The molecule has 1 heterocycles. The van der Waals surface area contributed by atoms with Crippen molar-refractivity contribution in [2.24, 2.45) is 5.73 Å². The van der Waals surface area contributed by atoms with E-state index in [9.17, 15) is 0 Å². The molecule has 100 valence electrons. The van der Waals surface area contributed by atoms with Crippen LogP contribution in [-0.2, 0) is 6.54 Å². The van der Waals surface area contributed by atoms with Gasteiger partial charge in [0.25, 0.3) is 0 Å². The number of rotatable bonds is 5. The average Bonchev–Trinajstić information content (AvgIpc) is 2.48. The minimum atomic E-state index is 0.376. The molecule has 0 radical (unpaired) electrons. The first-order valence-electron chi connectivity index (χ1n) is 6.66. The SMILES string of the molecule is CCC(C)c1ccc(Oc2cccnc2CN)cc1. The van der Waals surface area contributed by atoms with E-state index >= 15 is 0 Å². The van der Waals surface area contributed by atoms with E-state index in [0.29, 0.717) is 12.5 Å². The molecular weight excluding hydrogens is 236 g/mol. The lowest BCUT2D eigenvalue weighted by atomic mass is 9.99. The van der Waals surface area contributed by atoms with Crippen molar-refractivity contribution in [1.29, 1.82) is 0 Å². The summed E-state index contributed by atoms with van der Waals surface area (Å²) in [5, 5.41) is 0. The molecule has 0 saturated carbocycles. The van der Waals surface area contributed by atoms with E-state index < -0.39 is 0 Å². The average molecular weight is 256 g/mol. The third-order valence-corrected chi connectivity index (χ3v) is 3.33. The molecule has 2 N–H and O–H groups in total. The molecule has 1 aromatic heterocycles. The largest absolute Gasteiger partial charge is 0.455 e. The summed E-state index contributed by atoms with van der Waals surface area (Å²) < 4.78 is 5.83. The molecule has 0 amide bonds. The van der Waals surface area contributed by atoms with Crippen molar-refractivity contribution in [2.75, 3.05) is 0 Å². The molecule has 1 atom stereocenters. The normalized spacial score (nSPS) is 12.2. The highest BCUT2D eigenvalue weighted by Gasteiger charge is 2.06. The lowest BCUT2D eigenvalue weighted by Gasteiger charge is -2.11. The Kier molecular flexibility index (Phi) is 4.53. The van der Waals surface area contributed by atoms with Gasteiger partial charge in [-0.3, -0.25) is 4.98 Å². The van der Waals surface area contributed by atoms with Crippen LogP contribution < -0.4 is 10.5 Å². The first kappa shape index (κ1) is 13.6. The maximum atomic E-state index is 5.83. The number of benzene rings is 1. The van der Waals surface area contributed by atoms with Gasteiger partial charge in [0, 0.05) is 12.7 Å². The second kappa shape index (κ2) is 6.34. The Labute approximate surface area is 114 Å². The van der Waals surface area contributed by atoms with E-state index in [-0.39, 0.29) is 0 Å². The van der Waals surface area contributed by atoms with Crippen molar-refractivity contribution in [3.05, 3.63) is 53.9 Å². The molecule has 2 rings (SSSR count). The van der Waals surface area contributed by atoms with Crippen molar-refractivity contribution in [2.45, 2.75) is 32.7 Å². The smallest absolute Gasteiger partial charge is 0.150 e. The summed E-state index contributed by atoms with van der Waals surface area (Å²) in [5.74, 6) is 2.11. The van der Waals surface area contributed by atoms with Crippen LogP contribution in [0.15, 0.2) is 42.6 Å². The molecule has 19 heavy (non-hydrogen) atoms. The summed E-state index contributed by atoms with van der Waals surface area (Å²) in [6.45, 7) is 4.79. The molecular formula is C16H20N2O. The summed E-state index contributed by atoms with van der Waals surface area (Å²) in [4.78, 5) is 4.20. The number of hydrogen-bond acceptors (Lipinski definition) is 3. The summed E-state index contributed by atoms with van der Waals surface area (Å²) in [6.07, 6.45) is 2.86. The zero-order valence-corrected chi connectivity index (χ0v) is 11.5. The Bertz CT molecular complexity index is 523. The van der Waals surface area contributed by atoms with Gasteiger partial charge < -0.3 is 10.5 Å². The van der Waals surface area contributed by atoms with E-state index in [2.05, 4.69) is 31.0 Å². The zero-order valence-electron chi connectivity index (χ0n) is 11.5. The maximum Gasteiger partial charge on any atom is 0.150 e. The van der Waals surface area contributed by atoms with Gasteiger partial charge >= 0.3 is 0 Å². The van der Waals surface area contributed by atoms with Gasteiger partial charge in [0.1, 0.15) is 11.5 Å². The highest BCUT2D eigenvalue weighted by molar-refractivity contribution is 5.35. The zero-order chi connectivity index (χ0) is 13.7. The number of hydrogen-bond donors (Lipinski definition) is 1. The van der Waals surface area contributed by atoms with Crippen LogP contribution >= 0.6 is 0 Å². The van der Waals surface area contributed by atoms with Crippen molar-refractivity contribution >= 4 is 0 Å². The number of nitrogens with two attached hydrogens (primary N) is 1. The lowest BCUT2D eigenvalue weighted by Crippen LogP contribution is -2.01. The van der Waals surface area contributed by atoms with Gasteiger partial charge in [-0.2, -0.15) is 0 Å². The molecule has 3 heteroatoms. The van der Waals surface area contributed by atoms with E-state index in [0.717, 1.165) is 23.6 Å². The summed E-state index contributed by atoms with van der Waals surface area (Å²) in [7, 11) is 0. The third-order valence-electron chi connectivity index (χ3n) is 3.33. The number of aromatic nitrogens is 1. The van der Waals surface area contributed by atoms with Crippen LogP contribution in [0.3, 0.4) is 0 Å². The highest BCUT2D eigenvalue weighted by atomic mass is 16.5. The predicted molar refractivity (Wildman–Crippen MR) is 77.4 cm³/mol. The predicted octanol–water partition coefficient (Wildman–Crippen LogP) is 3.85. The molecule has 0 saturated heterocycles. The minimum absolute atomic E-state index is 0.376. The van der Waals surface area contributed by atoms with Gasteiger partial charge in [-0.25, -0.2) is 0 Å². The van der Waals surface area contributed by atoms with Crippen molar-refractivity contribution in [3.8, 4) is 11.5 Å². The topological polar surface area (TPSA) is 48.1 Å². The highest BCUT2D eigenvalue weighted by Crippen LogP contribution is 2.26. The Balaban J connectivity index is 2.15. The molecule has 0 fully saturated rings. The maximum absolute atomic E-state index is 5.83. The van der Waals surface area contributed by atoms with Gasteiger partial charge in [0.05, 0.1) is 5.69 Å². The van der Waals surface area contributed by atoms with E-state index in [1.807, 2.05) is 24.3 Å². The molecule has 0 aliphatic carbocycles. The number of pyridine rings is 1. The van der Waals surface area contributed by atoms with Crippen LogP contribution in [0.4, 0.5) is 0 Å². The minimum Gasteiger partial charge on any atom is -0.455 e. The van der Waals surface area contributed by atoms with Gasteiger partial charge in [-0.15, -0.1) is 0 Å². The van der Waals surface area contributed by atoms with E-state index in [1.54, 1.807) is 6.20 Å². The fourth-order valence-electron chi connectivity index (χ4n) is 1.90. The van der Waals surface area contributed by atoms with Crippen molar-refractivity contribution < 1.29 is 4.74 Å². The fourth-order valence-corrected chi connectivity index (χ4v) is 1.90. The van der Waals surface area contributed by atoms with Crippen LogP contribution in [0.5, 0.6) is 11.5 Å². The number of ether oxygens (including phenoxy) is 1. The van der Waals surface area contributed by atoms with E-state index in [1.165, 1.54) is 5.56 Å². The van der Waals surface area contributed by atoms with Gasteiger partial charge in [-0.1, -0.05) is 26.0 Å². The second-order valence-corrected chi connectivity index (χ2v) is 4.63. The van der Waals surface area contributed by atoms with Crippen LogP contribution in [0.25, 0.3) is 0 Å².